The SMILES string of the molecule is N#CCC(=O)Nc1cccc(-c2ccc(CC(=O)O)cc2)c1. The first-order chi connectivity index (χ1) is 10.6. The predicted octanol–water partition coefficient (Wildman–Crippen LogP) is 2.83. The summed E-state index contributed by atoms with van der Waals surface area (Å²) in [5, 5.41) is 19.9. The van der Waals surface area contributed by atoms with Crippen molar-refractivity contribution >= 4 is 17.6 Å². The number of nitriles is 1. The first kappa shape index (κ1) is 15.3. The standard InChI is InChI=1S/C17H14N2O3/c18-9-8-16(20)19-15-3-1-2-14(11-15)13-6-4-12(5-7-13)10-17(21)22/h1-7,11H,8,10H2,(H,19,20)(H,21,22). The van der Waals surface area contributed by atoms with E-state index in [1.165, 1.54) is 0 Å². The molecule has 0 aliphatic carbocycles. The molecule has 0 spiro atoms. The van der Waals surface area contributed by atoms with E-state index in [1.54, 1.807) is 24.3 Å². The Morgan fingerprint density at radius 2 is 1.82 bits per heavy atom. The van der Waals surface area contributed by atoms with Crippen molar-refractivity contribution in [3.8, 4) is 17.2 Å². The molecule has 0 heterocycles. The van der Waals surface area contributed by atoms with Gasteiger partial charge in [-0.1, -0.05) is 36.4 Å². The summed E-state index contributed by atoms with van der Waals surface area (Å²) in [6.07, 6.45) is -0.196. The minimum Gasteiger partial charge on any atom is -0.481 e. The molecule has 0 saturated carbocycles. The first-order valence-electron chi connectivity index (χ1n) is 6.66. The predicted molar refractivity (Wildman–Crippen MR) is 82.1 cm³/mol. The van der Waals surface area contributed by atoms with Crippen LogP contribution in [-0.2, 0) is 16.0 Å². The fourth-order valence-corrected chi connectivity index (χ4v) is 2.04. The van der Waals surface area contributed by atoms with Crippen molar-refractivity contribution in [2.45, 2.75) is 12.8 Å². The number of nitrogens with one attached hydrogen (secondary N) is 1. The average molecular weight is 294 g/mol. The Balaban J connectivity index is 2.17. The Morgan fingerprint density at radius 3 is 2.45 bits per heavy atom. The number of carboxylic acids is 1. The molecule has 2 N–H and O–H groups in total. The lowest BCUT2D eigenvalue weighted by Crippen LogP contribution is -2.09. The summed E-state index contributed by atoms with van der Waals surface area (Å²) >= 11 is 0. The molecule has 0 atom stereocenters. The summed E-state index contributed by atoms with van der Waals surface area (Å²) in [6, 6.07) is 16.3. The fourth-order valence-electron chi connectivity index (χ4n) is 2.04. The van der Waals surface area contributed by atoms with Crippen molar-refractivity contribution in [2.75, 3.05) is 5.32 Å². The van der Waals surface area contributed by atoms with Gasteiger partial charge < -0.3 is 10.4 Å². The van der Waals surface area contributed by atoms with Gasteiger partial charge in [-0.25, -0.2) is 0 Å². The third-order valence-corrected chi connectivity index (χ3v) is 3.03. The number of benzene rings is 2. The van der Waals surface area contributed by atoms with Crippen LogP contribution in [0.5, 0.6) is 0 Å². The largest absolute Gasteiger partial charge is 0.481 e. The smallest absolute Gasteiger partial charge is 0.307 e. The number of hydrogen-bond acceptors (Lipinski definition) is 3. The maximum atomic E-state index is 11.4. The quantitative estimate of drug-likeness (QED) is 0.887. The Morgan fingerprint density at radius 1 is 1.09 bits per heavy atom. The number of aliphatic carboxylic acids is 1. The third-order valence-electron chi connectivity index (χ3n) is 3.03. The van der Waals surface area contributed by atoms with Gasteiger partial charge in [-0.15, -0.1) is 0 Å². The maximum absolute atomic E-state index is 11.4. The van der Waals surface area contributed by atoms with Crippen LogP contribution in [-0.4, -0.2) is 17.0 Å². The fraction of sp³-hybridized carbons (Fsp3) is 0.118. The first-order valence-corrected chi connectivity index (χ1v) is 6.66. The average Bonchev–Trinajstić information content (AvgIpc) is 2.48. The normalized spacial score (nSPS) is 9.77. The van der Waals surface area contributed by atoms with Crippen molar-refractivity contribution in [3.05, 3.63) is 54.1 Å². The summed E-state index contributed by atoms with van der Waals surface area (Å²) in [5.41, 5.74) is 3.17. The van der Waals surface area contributed by atoms with E-state index in [9.17, 15) is 9.59 Å². The molecule has 0 radical (unpaired) electrons. The number of carboxylic acid groups (broad SMARTS) is 1. The second-order valence-electron chi connectivity index (χ2n) is 4.73. The molecule has 0 saturated heterocycles. The van der Waals surface area contributed by atoms with Crippen LogP contribution in [0.25, 0.3) is 11.1 Å². The number of anilines is 1. The van der Waals surface area contributed by atoms with Gasteiger partial charge in [0.2, 0.25) is 5.91 Å². The second kappa shape index (κ2) is 7.04. The minimum absolute atomic E-state index is 0.00939. The van der Waals surface area contributed by atoms with Crippen LogP contribution in [0.1, 0.15) is 12.0 Å². The van der Waals surface area contributed by atoms with Gasteiger partial charge >= 0.3 is 5.97 Å². The second-order valence-corrected chi connectivity index (χ2v) is 4.73. The van der Waals surface area contributed by atoms with Gasteiger partial charge in [0.05, 0.1) is 12.5 Å². The molecule has 0 fully saturated rings. The van der Waals surface area contributed by atoms with Crippen molar-refractivity contribution in [2.24, 2.45) is 0 Å². The van der Waals surface area contributed by atoms with E-state index >= 15 is 0 Å². The Kier molecular flexibility index (Phi) is 4.89. The van der Waals surface area contributed by atoms with Crippen molar-refractivity contribution in [1.29, 1.82) is 5.26 Å². The summed E-state index contributed by atoms with van der Waals surface area (Å²) in [5.74, 6) is -1.22. The molecular formula is C17H14N2O3. The molecule has 5 nitrogen and oxygen atoms in total. The number of amides is 1. The molecule has 110 valence electrons. The van der Waals surface area contributed by atoms with E-state index in [0.717, 1.165) is 16.7 Å². The van der Waals surface area contributed by atoms with Crippen LogP contribution < -0.4 is 5.32 Å². The van der Waals surface area contributed by atoms with Crippen LogP contribution in [0, 0.1) is 11.3 Å². The summed E-state index contributed by atoms with van der Waals surface area (Å²) in [7, 11) is 0. The van der Waals surface area contributed by atoms with Crippen molar-refractivity contribution in [1.82, 2.24) is 0 Å². The van der Waals surface area contributed by atoms with Crippen molar-refractivity contribution < 1.29 is 14.7 Å². The van der Waals surface area contributed by atoms with Gasteiger partial charge in [-0.2, -0.15) is 5.26 Å². The molecule has 22 heavy (non-hydrogen) atoms. The molecule has 0 aliphatic heterocycles. The van der Waals surface area contributed by atoms with Gasteiger partial charge in [0.1, 0.15) is 6.42 Å². The third kappa shape index (κ3) is 4.18. The molecule has 2 aromatic carbocycles. The van der Waals surface area contributed by atoms with Crippen LogP contribution in [0.3, 0.4) is 0 Å². The van der Waals surface area contributed by atoms with Crippen molar-refractivity contribution in [3.63, 3.8) is 0 Å². The molecule has 0 aromatic heterocycles. The van der Waals surface area contributed by atoms with Gasteiger partial charge in [0.25, 0.3) is 0 Å². The number of hydrogen-bond donors (Lipinski definition) is 2. The van der Waals surface area contributed by atoms with E-state index in [4.69, 9.17) is 10.4 Å². The highest BCUT2D eigenvalue weighted by molar-refractivity contribution is 5.92. The van der Waals surface area contributed by atoms with Gasteiger partial charge in [0.15, 0.2) is 0 Å². The topological polar surface area (TPSA) is 90.2 Å². The zero-order valence-corrected chi connectivity index (χ0v) is 11.7. The van der Waals surface area contributed by atoms with Gasteiger partial charge in [-0.05, 0) is 28.8 Å². The number of nitrogens with zero attached hydrogens (tertiary/aromatic N) is 1. The van der Waals surface area contributed by atoms with Crippen LogP contribution in [0.2, 0.25) is 0 Å². The lowest BCUT2D eigenvalue weighted by Gasteiger charge is -2.07. The molecule has 0 aliphatic rings. The highest BCUT2D eigenvalue weighted by Crippen LogP contribution is 2.23. The molecule has 0 bridgehead atoms. The van der Waals surface area contributed by atoms with E-state index in [-0.39, 0.29) is 18.7 Å². The van der Waals surface area contributed by atoms with E-state index < -0.39 is 5.97 Å². The van der Waals surface area contributed by atoms with Gasteiger partial charge in [-0.3, -0.25) is 9.59 Å². The number of rotatable bonds is 5. The summed E-state index contributed by atoms with van der Waals surface area (Å²) < 4.78 is 0. The lowest BCUT2D eigenvalue weighted by molar-refractivity contribution is -0.136. The van der Waals surface area contributed by atoms with Crippen LogP contribution >= 0.6 is 0 Å². The van der Waals surface area contributed by atoms with Gasteiger partial charge in [0, 0.05) is 5.69 Å². The summed E-state index contributed by atoms with van der Waals surface area (Å²) in [6.45, 7) is 0. The van der Waals surface area contributed by atoms with E-state index in [1.807, 2.05) is 30.3 Å². The Bertz CT molecular complexity index is 730. The zero-order chi connectivity index (χ0) is 15.9. The van der Waals surface area contributed by atoms with E-state index in [0.29, 0.717) is 5.69 Å². The Labute approximate surface area is 127 Å². The summed E-state index contributed by atoms with van der Waals surface area (Å²) in [4.78, 5) is 22.1. The monoisotopic (exact) mass is 294 g/mol. The number of carbonyl (C=O) groups excluding carboxylic acids is 1. The molecular weight excluding hydrogens is 280 g/mol. The highest BCUT2D eigenvalue weighted by atomic mass is 16.4. The molecule has 5 heteroatoms. The zero-order valence-electron chi connectivity index (χ0n) is 11.7. The number of carbonyl (C=O) groups is 2. The minimum atomic E-state index is -0.866. The molecule has 0 unspecified atom stereocenters. The molecule has 1 amide bonds. The van der Waals surface area contributed by atoms with Crippen LogP contribution in [0.4, 0.5) is 5.69 Å². The lowest BCUT2D eigenvalue weighted by atomic mass is 10.0. The molecule has 2 rings (SSSR count). The Hall–Kier alpha value is -3.13. The maximum Gasteiger partial charge on any atom is 0.307 e. The highest BCUT2D eigenvalue weighted by Gasteiger charge is 2.04. The van der Waals surface area contributed by atoms with Crippen LogP contribution in [0.15, 0.2) is 48.5 Å². The molecule has 2 aromatic rings. The van der Waals surface area contributed by atoms with E-state index in [2.05, 4.69) is 5.32 Å².